The van der Waals surface area contributed by atoms with E-state index in [2.05, 4.69) is 12.2 Å². The van der Waals surface area contributed by atoms with Crippen molar-refractivity contribution in [3.63, 3.8) is 0 Å². The number of hydrogen-bond donors (Lipinski definition) is 1. The molecular formula is C18H21F2N. The Morgan fingerprint density at radius 1 is 1.00 bits per heavy atom. The summed E-state index contributed by atoms with van der Waals surface area (Å²) in [5.74, 6) is -0.535. The van der Waals surface area contributed by atoms with E-state index >= 15 is 0 Å². The summed E-state index contributed by atoms with van der Waals surface area (Å²) in [6.45, 7) is 8.64. The van der Waals surface area contributed by atoms with Gasteiger partial charge < -0.3 is 5.32 Å². The Balaban J connectivity index is 2.65. The van der Waals surface area contributed by atoms with Crippen LogP contribution in [0, 0.1) is 25.5 Å². The molecule has 0 aliphatic carbocycles. The monoisotopic (exact) mass is 289 g/mol. The smallest absolute Gasteiger partial charge is 0.123 e. The Morgan fingerprint density at radius 3 is 2.19 bits per heavy atom. The molecule has 3 heteroatoms. The quantitative estimate of drug-likeness (QED) is 0.842. The van der Waals surface area contributed by atoms with Crippen LogP contribution in [0.3, 0.4) is 0 Å². The molecule has 1 nitrogen and oxygen atoms in total. The van der Waals surface area contributed by atoms with Gasteiger partial charge >= 0.3 is 0 Å². The van der Waals surface area contributed by atoms with Crippen LogP contribution in [-0.2, 0) is 0 Å². The summed E-state index contributed by atoms with van der Waals surface area (Å²) >= 11 is 0. The van der Waals surface area contributed by atoms with Crippen LogP contribution >= 0.6 is 0 Å². The molecule has 0 amide bonds. The van der Waals surface area contributed by atoms with Crippen LogP contribution < -0.4 is 5.32 Å². The Morgan fingerprint density at radius 2 is 1.62 bits per heavy atom. The summed E-state index contributed by atoms with van der Waals surface area (Å²) in [5.41, 5.74) is 4.41. The van der Waals surface area contributed by atoms with Gasteiger partial charge in [0, 0.05) is 6.04 Å². The lowest BCUT2D eigenvalue weighted by molar-refractivity contribution is 0.593. The molecule has 0 aliphatic rings. The average molecular weight is 289 g/mol. The molecule has 0 fully saturated rings. The van der Waals surface area contributed by atoms with Gasteiger partial charge in [0.15, 0.2) is 0 Å². The Bertz CT molecular complexity index is 627. The highest BCUT2D eigenvalue weighted by Crippen LogP contribution is 2.34. The highest BCUT2D eigenvalue weighted by atomic mass is 19.1. The first-order chi connectivity index (χ1) is 9.93. The molecule has 2 aromatic carbocycles. The highest BCUT2D eigenvalue weighted by molar-refractivity contribution is 5.74. The third-order valence-corrected chi connectivity index (χ3v) is 3.76. The van der Waals surface area contributed by atoms with Crippen molar-refractivity contribution < 1.29 is 8.78 Å². The lowest BCUT2D eigenvalue weighted by Gasteiger charge is -2.20. The molecule has 0 saturated carbocycles. The molecular weight excluding hydrogens is 268 g/mol. The third kappa shape index (κ3) is 3.30. The fraction of sp³-hybridized carbons (Fsp3) is 0.333. The van der Waals surface area contributed by atoms with E-state index in [4.69, 9.17) is 0 Å². The largest absolute Gasteiger partial charge is 0.310 e. The van der Waals surface area contributed by atoms with Crippen LogP contribution in [0.5, 0.6) is 0 Å². The second-order valence-electron chi connectivity index (χ2n) is 5.43. The van der Waals surface area contributed by atoms with Crippen LogP contribution in [0.1, 0.15) is 36.6 Å². The molecule has 1 N–H and O–H groups in total. The maximum atomic E-state index is 13.7. The van der Waals surface area contributed by atoms with Gasteiger partial charge in [-0.2, -0.15) is 0 Å². The predicted octanol–water partition coefficient (Wildman–Crippen LogP) is 4.92. The van der Waals surface area contributed by atoms with E-state index in [9.17, 15) is 8.78 Å². The van der Waals surface area contributed by atoms with Crippen molar-refractivity contribution in [2.75, 3.05) is 6.54 Å². The van der Waals surface area contributed by atoms with Gasteiger partial charge in [-0.1, -0.05) is 13.0 Å². The molecule has 0 saturated heterocycles. The minimum absolute atomic E-state index is 0.106. The normalized spacial score (nSPS) is 12.5. The van der Waals surface area contributed by atoms with Crippen LogP contribution in [-0.4, -0.2) is 6.54 Å². The summed E-state index contributed by atoms with van der Waals surface area (Å²) in [6.07, 6.45) is 0. The van der Waals surface area contributed by atoms with Crippen molar-refractivity contribution >= 4 is 0 Å². The summed E-state index contributed by atoms with van der Waals surface area (Å²) in [6, 6.07) is 7.91. The fourth-order valence-corrected chi connectivity index (χ4v) is 2.87. The van der Waals surface area contributed by atoms with Gasteiger partial charge in [0.2, 0.25) is 0 Å². The van der Waals surface area contributed by atoms with Gasteiger partial charge in [0.25, 0.3) is 0 Å². The summed E-state index contributed by atoms with van der Waals surface area (Å²) in [7, 11) is 0. The van der Waals surface area contributed by atoms with Gasteiger partial charge in [-0.3, -0.25) is 0 Å². The van der Waals surface area contributed by atoms with Gasteiger partial charge in [0.05, 0.1) is 0 Å². The van der Waals surface area contributed by atoms with Crippen molar-refractivity contribution in [1.29, 1.82) is 0 Å². The zero-order valence-corrected chi connectivity index (χ0v) is 12.9. The molecule has 1 atom stereocenters. The molecule has 0 aromatic heterocycles. The van der Waals surface area contributed by atoms with Crippen LogP contribution in [0.15, 0.2) is 30.3 Å². The minimum Gasteiger partial charge on any atom is -0.310 e. The first-order valence-electron chi connectivity index (χ1n) is 7.24. The van der Waals surface area contributed by atoms with Crippen LogP contribution in [0.4, 0.5) is 8.78 Å². The van der Waals surface area contributed by atoms with E-state index in [1.165, 1.54) is 24.3 Å². The fourth-order valence-electron chi connectivity index (χ4n) is 2.87. The molecule has 1 unspecified atom stereocenters. The van der Waals surface area contributed by atoms with E-state index in [0.29, 0.717) is 0 Å². The van der Waals surface area contributed by atoms with Gasteiger partial charge in [-0.05, 0) is 79.4 Å². The third-order valence-electron chi connectivity index (χ3n) is 3.76. The molecule has 0 bridgehead atoms. The van der Waals surface area contributed by atoms with Crippen LogP contribution in [0.25, 0.3) is 11.1 Å². The Hall–Kier alpha value is -1.74. The number of aryl methyl sites for hydroxylation is 2. The average Bonchev–Trinajstić information content (AvgIpc) is 2.37. The first-order valence-corrected chi connectivity index (χ1v) is 7.24. The van der Waals surface area contributed by atoms with Crippen molar-refractivity contribution in [2.45, 2.75) is 33.7 Å². The number of rotatable bonds is 4. The topological polar surface area (TPSA) is 12.0 Å². The van der Waals surface area contributed by atoms with Gasteiger partial charge in [-0.25, -0.2) is 8.78 Å². The Kier molecular flexibility index (Phi) is 4.73. The minimum atomic E-state index is -0.277. The van der Waals surface area contributed by atoms with E-state index in [0.717, 1.165) is 34.4 Å². The summed E-state index contributed by atoms with van der Waals surface area (Å²) in [4.78, 5) is 0. The SMILES string of the molecule is CCNC(C)c1ccc(F)cc1-c1c(C)cc(F)cc1C. The van der Waals surface area contributed by atoms with Gasteiger partial charge in [0.1, 0.15) is 11.6 Å². The van der Waals surface area contributed by atoms with Crippen molar-refractivity contribution in [3.05, 3.63) is 58.7 Å². The second kappa shape index (κ2) is 6.35. The molecule has 0 heterocycles. The molecule has 0 radical (unpaired) electrons. The van der Waals surface area contributed by atoms with E-state index in [1.54, 1.807) is 6.07 Å². The van der Waals surface area contributed by atoms with Crippen molar-refractivity contribution in [1.82, 2.24) is 5.32 Å². The molecule has 2 rings (SSSR count). The summed E-state index contributed by atoms with van der Waals surface area (Å²) in [5, 5.41) is 3.35. The van der Waals surface area contributed by atoms with Gasteiger partial charge in [-0.15, -0.1) is 0 Å². The molecule has 2 aromatic rings. The first kappa shape index (κ1) is 15.6. The lowest BCUT2D eigenvalue weighted by atomic mass is 9.89. The number of nitrogens with one attached hydrogen (secondary N) is 1. The molecule has 0 spiro atoms. The zero-order chi connectivity index (χ0) is 15.6. The number of benzene rings is 2. The molecule has 112 valence electrons. The standard InChI is InChI=1S/C18H21F2N/c1-5-21-13(4)16-7-6-14(19)10-17(16)18-11(2)8-15(20)9-12(18)3/h6-10,13,21H,5H2,1-4H3. The number of halogens is 2. The van der Waals surface area contributed by atoms with E-state index in [-0.39, 0.29) is 17.7 Å². The maximum Gasteiger partial charge on any atom is 0.123 e. The zero-order valence-electron chi connectivity index (χ0n) is 12.9. The molecule has 0 aliphatic heterocycles. The maximum absolute atomic E-state index is 13.7. The highest BCUT2D eigenvalue weighted by Gasteiger charge is 2.16. The lowest BCUT2D eigenvalue weighted by Crippen LogP contribution is -2.18. The van der Waals surface area contributed by atoms with E-state index < -0.39 is 0 Å². The van der Waals surface area contributed by atoms with Crippen LogP contribution in [0.2, 0.25) is 0 Å². The van der Waals surface area contributed by atoms with Crippen molar-refractivity contribution in [2.24, 2.45) is 0 Å². The molecule has 21 heavy (non-hydrogen) atoms. The van der Waals surface area contributed by atoms with Crippen molar-refractivity contribution in [3.8, 4) is 11.1 Å². The predicted molar refractivity (Wildman–Crippen MR) is 83.4 cm³/mol. The second-order valence-corrected chi connectivity index (χ2v) is 5.43. The number of hydrogen-bond acceptors (Lipinski definition) is 1. The Labute approximate surface area is 125 Å². The summed E-state index contributed by atoms with van der Waals surface area (Å²) < 4.78 is 27.2. The van der Waals surface area contributed by atoms with E-state index in [1.807, 2.05) is 20.8 Å².